The van der Waals surface area contributed by atoms with Gasteiger partial charge in [-0.05, 0) is 70.6 Å². The average molecular weight is 210 g/mol. The SMILES string of the molecule is CCC(C)N1CCC(C2CCNC2)CC1. The second kappa shape index (κ2) is 5.31. The molecular formula is C13H26N2. The monoisotopic (exact) mass is 210 g/mol. The number of hydrogen-bond donors (Lipinski definition) is 1. The fraction of sp³-hybridized carbons (Fsp3) is 1.00. The van der Waals surface area contributed by atoms with Gasteiger partial charge in [0.25, 0.3) is 0 Å². The van der Waals surface area contributed by atoms with Crippen molar-refractivity contribution in [1.82, 2.24) is 10.2 Å². The Morgan fingerprint density at radius 2 is 1.93 bits per heavy atom. The van der Waals surface area contributed by atoms with Gasteiger partial charge in [0.1, 0.15) is 0 Å². The molecule has 0 aromatic carbocycles. The van der Waals surface area contributed by atoms with Gasteiger partial charge in [-0.3, -0.25) is 0 Å². The van der Waals surface area contributed by atoms with Crippen LogP contribution in [0, 0.1) is 11.8 Å². The van der Waals surface area contributed by atoms with Gasteiger partial charge >= 0.3 is 0 Å². The lowest BCUT2D eigenvalue weighted by Gasteiger charge is -2.37. The highest BCUT2D eigenvalue weighted by atomic mass is 15.2. The third-order valence-corrected chi connectivity index (χ3v) is 4.55. The van der Waals surface area contributed by atoms with Gasteiger partial charge in [-0.25, -0.2) is 0 Å². The first-order chi connectivity index (χ1) is 7.31. The summed E-state index contributed by atoms with van der Waals surface area (Å²) >= 11 is 0. The molecule has 2 aliphatic rings. The van der Waals surface area contributed by atoms with E-state index in [-0.39, 0.29) is 0 Å². The van der Waals surface area contributed by atoms with E-state index in [0.717, 1.165) is 17.9 Å². The zero-order chi connectivity index (χ0) is 10.7. The molecule has 0 saturated carbocycles. The second-order valence-corrected chi connectivity index (χ2v) is 5.38. The standard InChI is InChI=1S/C13H26N2/c1-3-11(2)15-8-5-12(6-9-15)13-4-7-14-10-13/h11-14H,3-10H2,1-2H3. The van der Waals surface area contributed by atoms with E-state index in [1.165, 1.54) is 51.9 Å². The fourth-order valence-electron chi connectivity index (χ4n) is 3.17. The number of piperidine rings is 1. The number of likely N-dealkylation sites (tertiary alicyclic amines) is 1. The summed E-state index contributed by atoms with van der Waals surface area (Å²) in [6.07, 6.45) is 5.61. The highest BCUT2D eigenvalue weighted by molar-refractivity contribution is 4.83. The molecular weight excluding hydrogens is 184 g/mol. The highest BCUT2D eigenvalue weighted by Gasteiger charge is 2.29. The van der Waals surface area contributed by atoms with Crippen LogP contribution in [0.1, 0.15) is 39.5 Å². The maximum absolute atomic E-state index is 3.50. The smallest absolute Gasteiger partial charge is 0.00643 e. The average Bonchev–Trinajstić information content (AvgIpc) is 2.82. The molecule has 0 aliphatic carbocycles. The quantitative estimate of drug-likeness (QED) is 0.767. The molecule has 0 radical (unpaired) electrons. The van der Waals surface area contributed by atoms with E-state index in [0.29, 0.717) is 0 Å². The van der Waals surface area contributed by atoms with Crippen LogP contribution in [0.2, 0.25) is 0 Å². The van der Waals surface area contributed by atoms with Crippen molar-refractivity contribution in [3.63, 3.8) is 0 Å². The molecule has 2 heteroatoms. The number of nitrogens with one attached hydrogen (secondary N) is 1. The highest BCUT2D eigenvalue weighted by Crippen LogP contribution is 2.29. The number of hydrogen-bond acceptors (Lipinski definition) is 2. The zero-order valence-corrected chi connectivity index (χ0v) is 10.3. The summed E-state index contributed by atoms with van der Waals surface area (Å²) in [6, 6.07) is 0.799. The maximum atomic E-state index is 3.50. The van der Waals surface area contributed by atoms with Gasteiger partial charge < -0.3 is 10.2 Å². The van der Waals surface area contributed by atoms with E-state index >= 15 is 0 Å². The molecule has 2 unspecified atom stereocenters. The largest absolute Gasteiger partial charge is 0.316 e. The Hall–Kier alpha value is -0.0800. The van der Waals surface area contributed by atoms with Crippen molar-refractivity contribution >= 4 is 0 Å². The Morgan fingerprint density at radius 1 is 1.20 bits per heavy atom. The topological polar surface area (TPSA) is 15.3 Å². The molecule has 88 valence electrons. The van der Waals surface area contributed by atoms with Crippen molar-refractivity contribution in [1.29, 1.82) is 0 Å². The van der Waals surface area contributed by atoms with Crippen LogP contribution in [-0.2, 0) is 0 Å². The van der Waals surface area contributed by atoms with Crippen LogP contribution in [0.25, 0.3) is 0 Å². The summed E-state index contributed by atoms with van der Waals surface area (Å²) in [4.78, 5) is 2.68. The van der Waals surface area contributed by atoms with Gasteiger partial charge in [0, 0.05) is 6.04 Å². The van der Waals surface area contributed by atoms with Crippen molar-refractivity contribution in [2.45, 2.75) is 45.6 Å². The van der Waals surface area contributed by atoms with E-state index in [9.17, 15) is 0 Å². The summed E-state index contributed by atoms with van der Waals surface area (Å²) in [5.41, 5.74) is 0. The lowest BCUT2D eigenvalue weighted by molar-refractivity contribution is 0.116. The summed E-state index contributed by atoms with van der Waals surface area (Å²) in [6.45, 7) is 9.91. The minimum Gasteiger partial charge on any atom is -0.316 e. The second-order valence-electron chi connectivity index (χ2n) is 5.38. The van der Waals surface area contributed by atoms with Gasteiger partial charge in [0.2, 0.25) is 0 Å². The van der Waals surface area contributed by atoms with Crippen LogP contribution >= 0.6 is 0 Å². The van der Waals surface area contributed by atoms with Crippen LogP contribution in [0.4, 0.5) is 0 Å². The first-order valence-electron chi connectivity index (χ1n) is 6.76. The molecule has 0 spiro atoms. The molecule has 2 fully saturated rings. The Labute approximate surface area is 94.4 Å². The third-order valence-electron chi connectivity index (χ3n) is 4.55. The van der Waals surface area contributed by atoms with Gasteiger partial charge in [0.05, 0.1) is 0 Å². The molecule has 0 aromatic rings. The summed E-state index contributed by atoms with van der Waals surface area (Å²) in [7, 11) is 0. The van der Waals surface area contributed by atoms with Crippen molar-refractivity contribution in [3.8, 4) is 0 Å². The van der Waals surface area contributed by atoms with Crippen molar-refractivity contribution in [2.24, 2.45) is 11.8 Å². The molecule has 2 heterocycles. The first kappa shape index (κ1) is 11.4. The Bertz CT molecular complexity index is 179. The molecule has 2 atom stereocenters. The summed E-state index contributed by atoms with van der Waals surface area (Å²) in [5.74, 6) is 2.00. The predicted molar refractivity (Wildman–Crippen MR) is 65.0 cm³/mol. The molecule has 0 bridgehead atoms. The van der Waals surface area contributed by atoms with Gasteiger partial charge in [-0.2, -0.15) is 0 Å². The van der Waals surface area contributed by atoms with Crippen LogP contribution in [0.15, 0.2) is 0 Å². The predicted octanol–water partition coefficient (Wildman–Crippen LogP) is 2.11. The Morgan fingerprint density at radius 3 is 2.47 bits per heavy atom. The van der Waals surface area contributed by atoms with E-state index in [2.05, 4.69) is 24.1 Å². The third kappa shape index (κ3) is 2.73. The van der Waals surface area contributed by atoms with Gasteiger partial charge in [-0.15, -0.1) is 0 Å². The normalized spacial score (nSPS) is 32.0. The molecule has 2 saturated heterocycles. The van der Waals surface area contributed by atoms with Crippen LogP contribution < -0.4 is 5.32 Å². The molecule has 15 heavy (non-hydrogen) atoms. The lowest BCUT2D eigenvalue weighted by atomic mass is 9.83. The van der Waals surface area contributed by atoms with Crippen LogP contribution in [0.3, 0.4) is 0 Å². The Balaban J connectivity index is 1.76. The summed E-state index contributed by atoms with van der Waals surface area (Å²) in [5, 5.41) is 3.50. The summed E-state index contributed by atoms with van der Waals surface area (Å²) < 4.78 is 0. The van der Waals surface area contributed by atoms with E-state index in [1.807, 2.05) is 0 Å². The number of nitrogens with zero attached hydrogens (tertiary/aromatic N) is 1. The van der Waals surface area contributed by atoms with Gasteiger partial charge in [0.15, 0.2) is 0 Å². The lowest BCUT2D eigenvalue weighted by Crippen LogP contribution is -2.41. The van der Waals surface area contributed by atoms with Gasteiger partial charge in [-0.1, -0.05) is 6.92 Å². The molecule has 0 aromatic heterocycles. The Kier molecular flexibility index (Phi) is 4.04. The minimum atomic E-state index is 0.799. The van der Waals surface area contributed by atoms with Crippen molar-refractivity contribution in [3.05, 3.63) is 0 Å². The molecule has 2 nitrogen and oxygen atoms in total. The van der Waals surface area contributed by atoms with Crippen molar-refractivity contribution in [2.75, 3.05) is 26.2 Å². The molecule has 0 amide bonds. The molecule has 2 aliphatic heterocycles. The van der Waals surface area contributed by atoms with E-state index in [4.69, 9.17) is 0 Å². The van der Waals surface area contributed by atoms with Crippen molar-refractivity contribution < 1.29 is 0 Å². The number of rotatable bonds is 3. The fourth-order valence-corrected chi connectivity index (χ4v) is 3.17. The zero-order valence-electron chi connectivity index (χ0n) is 10.3. The minimum absolute atomic E-state index is 0.799. The van der Waals surface area contributed by atoms with Crippen LogP contribution in [0.5, 0.6) is 0 Å². The maximum Gasteiger partial charge on any atom is 0.00643 e. The van der Waals surface area contributed by atoms with E-state index < -0.39 is 0 Å². The first-order valence-corrected chi connectivity index (χ1v) is 6.76. The van der Waals surface area contributed by atoms with E-state index in [1.54, 1.807) is 0 Å². The molecule has 1 N–H and O–H groups in total. The van der Waals surface area contributed by atoms with Crippen LogP contribution in [-0.4, -0.2) is 37.1 Å². The molecule has 2 rings (SSSR count).